The van der Waals surface area contributed by atoms with Crippen molar-refractivity contribution in [2.75, 3.05) is 13.1 Å². The number of hydrogen-bond donors (Lipinski definition) is 2. The van der Waals surface area contributed by atoms with Gasteiger partial charge in [0.1, 0.15) is 0 Å². The van der Waals surface area contributed by atoms with Gasteiger partial charge in [-0.2, -0.15) is 11.3 Å². The molecule has 2 aromatic rings. The summed E-state index contributed by atoms with van der Waals surface area (Å²) in [4.78, 5) is 16.9. The van der Waals surface area contributed by atoms with E-state index < -0.39 is 0 Å². The highest BCUT2D eigenvalue weighted by molar-refractivity contribution is 7.08. The molecule has 0 unspecified atom stereocenters. The van der Waals surface area contributed by atoms with Crippen LogP contribution < -0.4 is 10.6 Å². The third-order valence-corrected chi connectivity index (χ3v) is 4.46. The number of hydrogen-bond acceptors (Lipinski definition) is 4. The molecule has 4 nitrogen and oxygen atoms in total. The van der Waals surface area contributed by atoms with Gasteiger partial charge in [0.2, 0.25) is 0 Å². The fraction of sp³-hybridized carbons (Fsp3) is 0.375. The Morgan fingerprint density at radius 1 is 1.35 bits per heavy atom. The number of nitrogens with one attached hydrogen (secondary N) is 2. The number of pyridine rings is 1. The number of piperidine rings is 1. The Balaban J connectivity index is 0.00000132. The molecule has 0 radical (unpaired) electrons. The van der Waals surface area contributed by atoms with Crippen LogP contribution in [0.5, 0.6) is 0 Å². The van der Waals surface area contributed by atoms with Crippen LogP contribution in [-0.2, 0) is 0 Å². The van der Waals surface area contributed by atoms with Crippen molar-refractivity contribution in [2.24, 2.45) is 0 Å². The van der Waals surface area contributed by atoms with Gasteiger partial charge < -0.3 is 10.6 Å². The highest BCUT2D eigenvalue weighted by Crippen LogP contribution is 2.21. The van der Waals surface area contributed by atoms with Gasteiger partial charge in [0.15, 0.2) is 0 Å². The molecule has 0 aliphatic carbocycles. The molecule has 0 aromatic carbocycles. The summed E-state index contributed by atoms with van der Waals surface area (Å²) >= 11 is 1.65. The van der Waals surface area contributed by atoms with Crippen LogP contribution in [0.15, 0.2) is 29.0 Å². The van der Waals surface area contributed by atoms with Crippen molar-refractivity contribution in [1.29, 1.82) is 0 Å². The fourth-order valence-electron chi connectivity index (χ4n) is 2.61. The zero-order valence-corrected chi connectivity index (χ0v) is 15.3. The van der Waals surface area contributed by atoms with Crippen molar-refractivity contribution in [3.05, 3.63) is 40.2 Å². The van der Waals surface area contributed by atoms with Crippen LogP contribution in [-0.4, -0.2) is 30.0 Å². The molecule has 126 valence electrons. The minimum absolute atomic E-state index is 0. The quantitative estimate of drug-likeness (QED) is 0.865. The van der Waals surface area contributed by atoms with E-state index in [-0.39, 0.29) is 36.8 Å². The molecule has 2 aromatic heterocycles. The van der Waals surface area contributed by atoms with E-state index in [9.17, 15) is 4.79 Å². The Hall–Kier alpha value is -1.14. The largest absolute Gasteiger partial charge is 0.348 e. The highest BCUT2D eigenvalue weighted by atomic mass is 35.5. The summed E-state index contributed by atoms with van der Waals surface area (Å²) in [5, 5.41) is 10.5. The average Bonchev–Trinajstić information content (AvgIpc) is 3.02. The molecular weight excluding hydrogens is 353 g/mol. The first-order valence-electron chi connectivity index (χ1n) is 7.26. The fourth-order valence-corrected chi connectivity index (χ4v) is 3.26. The monoisotopic (exact) mass is 373 g/mol. The summed E-state index contributed by atoms with van der Waals surface area (Å²) in [6, 6.07) is 6.06. The first-order chi connectivity index (χ1) is 10.2. The average molecular weight is 374 g/mol. The lowest BCUT2D eigenvalue weighted by molar-refractivity contribution is 0.0929. The van der Waals surface area contributed by atoms with Crippen LogP contribution in [0.25, 0.3) is 11.3 Å². The van der Waals surface area contributed by atoms with Crippen LogP contribution in [0.3, 0.4) is 0 Å². The van der Waals surface area contributed by atoms with E-state index in [1.165, 1.54) is 0 Å². The molecule has 23 heavy (non-hydrogen) atoms. The maximum Gasteiger partial charge on any atom is 0.253 e. The minimum atomic E-state index is -0.0226. The number of aryl methyl sites for hydroxylation is 1. The number of rotatable bonds is 3. The van der Waals surface area contributed by atoms with Crippen molar-refractivity contribution in [3.8, 4) is 11.3 Å². The van der Waals surface area contributed by atoms with Gasteiger partial charge in [-0.1, -0.05) is 0 Å². The molecule has 1 saturated heterocycles. The standard InChI is InChI=1S/C16H19N3OS.2ClH/c1-11-14(16(20)19-13-3-2-7-17-9-13)4-5-15(18-11)12-6-8-21-10-12;;/h4-6,8,10,13,17H,2-3,7,9H2,1H3,(H,19,20);2*1H/t13-;;/m0../s1. The number of thiophene rings is 1. The van der Waals surface area contributed by atoms with Crippen LogP contribution >= 0.6 is 36.2 Å². The van der Waals surface area contributed by atoms with Crippen molar-refractivity contribution in [2.45, 2.75) is 25.8 Å². The van der Waals surface area contributed by atoms with Crippen LogP contribution in [0.4, 0.5) is 0 Å². The van der Waals surface area contributed by atoms with Crippen LogP contribution in [0.1, 0.15) is 28.9 Å². The Labute approximate surface area is 152 Å². The number of halogens is 2. The van der Waals surface area contributed by atoms with E-state index in [1.807, 2.05) is 30.5 Å². The van der Waals surface area contributed by atoms with Gasteiger partial charge in [-0.3, -0.25) is 9.78 Å². The van der Waals surface area contributed by atoms with E-state index in [4.69, 9.17) is 0 Å². The SMILES string of the molecule is Cc1nc(-c2ccsc2)ccc1C(=O)N[C@H]1CCCNC1.Cl.Cl. The number of carbonyl (C=O) groups excluding carboxylic acids is 1. The maximum atomic E-state index is 12.4. The van der Waals surface area contributed by atoms with Crippen LogP contribution in [0.2, 0.25) is 0 Å². The van der Waals surface area contributed by atoms with Crippen molar-refractivity contribution >= 4 is 42.1 Å². The smallest absolute Gasteiger partial charge is 0.253 e. The maximum absolute atomic E-state index is 12.4. The predicted octanol–water partition coefficient (Wildman–Crippen LogP) is 3.44. The van der Waals surface area contributed by atoms with E-state index in [0.717, 1.165) is 42.9 Å². The summed E-state index contributed by atoms with van der Waals surface area (Å²) in [7, 11) is 0. The zero-order valence-electron chi connectivity index (χ0n) is 12.9. The van der Waals surface area contributed by atoms with Crippen LogP contribution in [0, 0.1) is 6.92 Å². The lowest BCUT2D eigenvalue weighted by atomic mass is 10.1. The summed E-state index contributed by atoms with van der Waals surface area (Å²) < 4.78 is 0. The van der Waals surface area contributed by atoms with Gasteiger partial charge >= 0.3 is 0 Å². The van der Waals surface area contributed by atoms with E-state index >= 15 is 0 Å². The molecular formula is C16H21Cl2N3OS. The first-order valence-corrected chi connectivity index (χ1v) is 8.20. The molecule has 0 saturated carbocycles. The second kappa shape index (κ2) is 9.23. The molecule has 3 heterocycles. The van der Waals surface area contributed by atoms with E-state index in [2.05, 4.69) is 21.0 Å². The molecule has 3 rings (SSSR count). The van der Waals surface area contributed by atoms with E-state index in [1.54, 1.807) is 11.3 Å². The number of nitrogens with zero attached hydrogens (tertiary/aromatic N) is 1. The molecule has 1 aliphatic rings. The first kappa shape index (κ1) is 19.9. The second-order valence-corrected chi connectivity index (χ2v) is 6.14. The highest BCUT2D eigenvalue weighted by Gasteiger charge is 2.18. The van der Waals surface area contributed by atoms with Crippen molar-refractivity contribution in [3.63, 3.8) is 0 Å². The number of amides is 1. The molecule has 7 heteroatoms. The Morgan fingerprint density at radius 3 is 2.78 bits per heavy atom. The normalized spacial score (nSPS) is 16.8. The molecule has 1 aliphatic heterocycles. The topological polar surface area (TPSA) is 54.0 Å². The molecule has 0 bridgehead atoms. The van der Waals surface area contributed by atoms with Crippen molar-refractivity contribution < 1.29 is 4.79 Å². The molecule has 2 N–H and O–H groups in total. The lowest BCUT2D eigenvalue weighted by Gasteiger charge is -2.24. The van der Waals surface area contributed by atoms with E-state index in [0.29, 0.717) is 5.56 Å². The summed E-state index contributed by atoms with van der Waals surface area (Å²) in [6.45, 7) is 3.79. The zero-order chi connectivity index (χ0) is 14.7. The van der Waals surface area contributed by atoms with Gasteiger partial charge in [-0.25, -0.2) is 0 Å². The summed E-state index contributed by atoms with van der Waals surface area (Å²) in [5.74, 6) is -0.0226. The molecule has 1 atom stereocenters. The third kappa shape index (κ3) is 4.91. The third-order valence-electron chi connectivity index (χ3n) is 3.78. The molecule has 1 fully saturated rings. The lowest BCUT2D eigenvalue weighted by Crippen LogP contribution is -2.45. The van der Waals surface area contributed by atoms with Crippen molar-refractivity contribution in [1.82, 2.24) is 15.6 Å². The minimum Gasteiger partial charge on any atom is -0.348 e. The Morgan fingerprint density at radius 2 is 2.17 bits per heavy atom. The Kier molecular flexibility index (Phi) is 7.99. The second-order valence-electron chi connectivity index (χ2n) is 5.36. The molecule has 0 spiro atoms. The summed E-state index contributed by atoms with van der Waals surface area (Å²) in [6.07, 6.45) is 2.15. The summed E-state index contributed by atoms with van der Waals surface area (Å²) in [5.41, 5.74) is 3.47. The van der Waals surface area contributed by atoms with Gasteiger partial charge in [-0.15, -0.1) is 24.8 Å². The van der Waals surface area contributed by atoms with Gasteiger partial charge in [0.25, 0.3) is 5.91 Å². The van der Waals surface area contributed by atoms with Gasteiger partial charge in [0.05, 0.1) is 17.0 Å². The number of carbonyl (C=O) groups is 1. The van der Waals surface area contributed by atoms with Gasteiger partial charge in [-0.05, 0) is 49.9 Å². The number of aromatic nitrogens is 1. The predicted molar refractivity (Wildman–Crippen MR) is 100 cm³/mol. The van der Waals surface area contributed by atoms with Gasteiger partial charge in [0, 0.05) is 23.5 Å². The molecule has 1 amide bonds. The Bertz CT molecular complexity index is 628.